The maximum Gasteiger partial charge on any atom is 0.233 e. The molecule has 1 amide bonds. The molecule has 2 atom stereocenters. The molecule has 136 valence electrons. The lowest BCUT2D eigenvalue weighted by Gasteiger charge is -2.22. The third kappa shape index (κ3) is 4.22. The highest BCUT2D eigenvalue weighted by Crippen LogP contribution is 2.31. The molecule has 4 nitrogen and oxygen atoms in total. The van der Waals surface area contributed by atoms with Crippen LogP contribution in [0.25, 0.3) is 11.0 Å². The van der Waals surface area contributed by atoms with E-state index in [9.17, 15) is 4.79 Å². The molecule has 0 aliphatic rings. The molecule has 3 rings (SSSR count). The Hall–Kier alpha value is -1.98. The first-order valence-corrected chi connectivity index (χ1v) is 9.87. The van der Waals surface area contributed by atoms with Crippen LogP contribution in [-0.2, 0) is 4.79 Å². The average molecular weight is 388 g/mol. The lowest BCUT2D eigenvalue weighted by molar-refractivity contribution is -0.121. The van der Waals surface area contributed by atoms with Gasteiger partial charge in [-0.2, -0.15) is 0 Å². The molecule has 0 aliphatic carbocycles. The molecule has 0 bridgehead atoms. The second kappa shape index (κ2) is 8.14. The Morgan fingerprint density at radius 2 is 1.81 bits per heavy atom. The van der Waals surface area contributed by atoms with Gasteiger partial charge in [0.15, 0.2) is 0 Å². The Kier molecular flexibility index (Phi) is 5.89. The molecule has 0 saturated heterocycles. The maximum absolute atomic E-state index is 12.7. The largest absolute Gasteiger partial charge is 0.345 e. The fourth-order valence-corrected chi connectivity index (χ4v) is 3.89. The number of carbonyl (C=O) groups is 1. The van der Waals surface area contributed by atoms with Gasteiger partial charge in [0, 0.05) is 4.90 Å². The normalized spacial score (nSPS) is 13.7. The van der Waals surface area contributed by atoms with Gasteiger partial charge in [0.05, 0.1) is 27.3 Å². The van der Waals surface area contributed by atoms with Gasteiger partial charge in [-0.1, -0.05) is 49.7 Å². The molecule has 0 radical (unpaired) electrons. The number of nitrogens with one attached hydrogen (secondary N) is 2. The summed E-state index contributed by atoms with van der Waals surface area (Å²) in [5, 5.41) is 3.54. The zero-order chi connectivity index (χ0) is 18.7. The first-order chi connectivity index (χ1) is 12.5. The van der Waals surface area contributed by atoms with Crippen molar-refractivity contribution in [2.24, 2.45) is 5.92 Å². The van der Waals surface area contributed by atoms with Crippen LogP contribution in [0.15, 0.2) is 53.4 Å². The zero-order valence-corrected chi connectivity index (χ0v) is 16.6. The second-order valence-corrected chi connectivity index (χ2v) is 8.35. The number of fused-ring (bicyclic) bond motifs is 1. The van der Waals surface area contributed by atoms with Crippen molar-refractivity contribution in [2.45, 2.75) is 37.0 Å². The number of imidazole rings is 1. The smallest absolute Gasteiger partial charge is 0.233 e. The molecule has 0 aliphatic heterocycles. The van der Waals surface area contributed by atoms with E-state index >= 15 is 0 Å². The number of amides is 1. The van der Waals surface area contributed by atoms with Crippen LogP contribution >= 0.6 is 23.4 Å². The highest BCUT2D eigenvalue weighted by atomic mass is 35.5. The van der Waals surface area contributed by atoms with E-state index in [4.69, 9.17) is 11.6 Å². The zero-order valence-electron chi connectivity index (χ0n) is 15.0. The van der Waals surface area contributed by atoms with Crippen molar-refractivity contribution >= 4 is 40.3 Å². The second-order valence-electron chi connectivity index (χ2n) is 6.56. The van der Waals surface area contributed by atoms with E-state index in [1.54, 1.807) is 0 Å². The molecule has 0 spiro atoms. The maximum atomic E-state index is 12.7. The van der Waals surface area contributed by atoms with Crippen LogP contribution in [0.5, 0.6) is 0 Å². The van der Waals surface area contributed by atoms with E-state index in [2.05, 4.69) is 29.1 Å². The Labute approximate surface area is 162 Å². The molecule has 3 aromatic rings. The number of aromatic nitrogens is 2. The van der Waals surface area contributed by atoms with Gasteiger partial charge in [0.1, 0.15) is 5.82 Å². The summed E-state index contributed by atoms with van der Waals surface area (Å²) in [5.74, 6) is 0.954. The van der Waals surface area contributed by atoms with Gasteiger partial charge in [-0.3, -0.25) is 4.79 Å². The van der Waals surface area contributed by atoms with E-state index in [1.165, 1.54) is 11.8 Å². The lowest BCUT2D eigenvalue weighted by Crippen LogP contribution is -2.37. The van der Waals surface area contributed by atoms with E-state index in [0.29, 0.717) is 5.02 Å². The van der Waals surface area contributed by atoms with Gasteiger partial charge >= 0.3 is 0 Å². The first kappa shape index (κ1) is 18.8. The van der Waals surface area contributed by atoms with Crippen molar-refractivity contribution in [3.8, 4) is 0 Å². The van der Waals surface area contributed by atoms with Gasteiger partial charge in [-0.15, -0.1) is 11.8 Å². The minimum atomic E-state index is -0.263. The number of benzene rings is 2. The average Bonchev–Trinajstić information content (AvgIpc) is 3.04. The molecule has 1 heterocycles. The Morgan fingerprint density at radius 1 is 1.12 bits per heavy atom. The Morgan fingerprint density at radius 3 is 2.50 bits per heavy atom. The summed E-state index contributed by atoms with van der Waals surface area (Å²) in [6.45, 7) is 6.04. The molecule has 6 heteroatoms. The summed E-state index contributed by atoms with van der Waals surface area (Å²) in [4.78, 5) is 21.6. The summed E-state index contributed by atoms with van der Waals surface area (Å²) < 4.78 is 0. The number of thioether (sulfide) groups is 1. The summed E-state index contributed by atoms with van der Waals surface area (Å²) in [6, 6.07) is 15.3. The topological polar surface area (TPSA) is 57.8 Å². The molecular formula is C20H22ClN3OS. The first-order valence-electron chi connectivity index (χ1n) is 8.62. The molecule has 2 aromatic carbocycles. The van der Waals surface area contributed by atoms with E-state index in [1.807, 2.05) is 55.5 Å². The minimum absolute atomic E-state index is 0.0333. The molecule has 0 saturated carbocycles. The molecule has 26 heavy (non-hydrogen) atoms. The molecule has 2 N–H and O–H groups in total. The Balaban J connectivity index is 1.75. The highest BCUT2D eigenvalue weighted by molar-refractivity contribution is 8.00. The number of para-hydroxylation sites is 2. The van der Waals surface area contributed by atoms with Crippen molar-refractivity contribution in [3.05, 3.63) is 59.4 Å². The number of carbonyl (C=O) groups excluding carboxylic acids is 1. The van der Waals surface area contributed by atoms with Gasteiger partial charge in [-0.25, -0.2) is 4.98 Å². The number of halogens is 1. The van der Waals surface area contributed by atoms with Crippen molar-refractivity contribution in [3.63, 3.8) is 0 Å². The molecule has 0 fully saturated rings. The number of hydrogen-bond acceptors (Lipinski definition) is 3. The SMILES string of the molecule is CC(Sc1ccccc1Cl)C(=O)NC(c1nc2ccccc2[nH]1)C(C)C. The highest BCUT2D eigenvalue weighted by Gasteiger charge is 2.25. The molecule has 2 unspecified atom stereocenters. The summed E-state index contributed by atoms with van der Waals surface area (Å²) in [5.41, 5.74) is 1.88. The summed E-state index contributed by atoms with van der Waals surface area (Å²) in [6.07, 6.45) is 0. The van der Waals surface area contributed by atoms with E-state index in [0.717, 1.165) is 21.8 Å². The molecular weight excluding hydrogens is 366 g/mol. The third-order valence-electron chi connectivity index (χ3n) is 4.18. The van der Waals surface area contributed by atoms with Gasteiger partial charge in [-0.05, 0) is 37.1 Å². The van der Waals surface area contributed by atoms with Crippen molar-refractivity contribution < 1.29 is 4.79 Å². The van der Waals surface area contributed by atoms with Crippen LogP contribution in [0.2, 0.25) is 5.02 Å². The fourth-order valence-electron chi connectivity index (χ4n) is 2.73. The number of hydrogen-bond donors (Lipinski definition) is 2. The van der Waals surface area contributed by atoms with E-state index < -0.39 is 0 Å². The summed E-state index contributed by atoms with van der Waals surface area (Å²) >= 11 is 7.66. The number of rotatable bonds is 6. The predicted octanol–water partition coefficient (Wildman–Crippen LogP) is 5.21. The number of aromatic amines is 1. The monoisotopic (exact) mass is 387 g/mol. The van der Waals surface area contributed by atoms with Crippen LogP contribution in [0.4, 0.5) is 0 Å². The van der Waals surface area contributed by atoms with Crippen LogP contribution in [-0.4, -0.2) is 21.1 Å². The van der Waals surface area contributed by atoms with Gasteiger partial charge in [0.25, 0.3) is 0 Å². The van der Waals surface area contributed by atoms with Gasteiger partial charge < -0.3 is 10.3 Å². The number of nitrogens with zero attached hydrogens (tertiary/aromatic N) is 1. The number of H-pyrrole nitrogens is 1. The van der Waals surface area contributed by atoms with Crippen molar-refractivity contribution in [2.75, 3.05) is 0 Å². The quantitative estimate of drug-likeness (QED) is 0.571. The van der Waals surface area contributed by atoms with E-state index in [-0.39, 0.29) is 23.1 Å². The standard InChI is InChI=1S/C20H22ClN3OS/c1-12(2)18(19-22-15-9-5-6-10-16(15)23-19)24-20(25)13(3)26-17-11-7-4-8-14(17)21/h4-13,18H,1-3H3,(H,22,23)(H,24,25). The lowest BCUT2D eigenvalue weighted by atomic mass is 10.0. The van der Waals surface area contributed by atoms with Gasteiger partial charge in [0.2, 0.25) is 5.91 Å². The van der Waals surface area contributed by atoms with Crippen LogP contribution in [0, 0.1) is 5.92 Å². The van der Waals surface area contributed by atoms with Crippen LogP contribution in [0.1, 0.15) is 32.6 Å². The van der Waals surface area contributed by atoms with Crippen molar-refractivity contribution in [1.29, 1.82) is 0 Å². The molecule has 1 aromatic heterocycles. The Bertz CT molecular complexity index is 876. The van der Waals surface area contributed by atoms with Crippen LogP contribution in [0.3, 0.4) is 0 Å². The predicted molar refractivity (Wildman–Crippen MR) is 109 cm³/mol. The van der Waals surface area contributed by atoms with Crippen molar-refractivity contribution in [1.82, 2.24) is 15.3 Å². The fraction of sp³-hybridized carbons (Fsp3) is 0.300. The summed E-state index contributed by atoms with van der Waals surface area (Å²) in [7, 11) is 0. The third-order valence-corrected chi connectivity index (χ3v) is 5.80. The van der Waals surface area contributed by atoms with Crippen LogP contribution < -0.4 is 5.32 Å². The minimum Gasteiger partial charge on any atom is -0.345 e.